The zero-order valence-electron chi connectivity index (χ0n) is 14.7. The number of ether oxygens (including phenoxy) is 1. The van der Waals surface area contributed by atoms with E-state index in [0.29, 0.717) is 5.75 Å². The lowest BCUT2D eigenvalue weighted by Crippen LogP contribution is -2.57. The molecular weight excluding hydrogens is 461 g/mol. The average molecular weight is 476 g/mol. The van der Waals surface area contributed by atoms with E-state index in [2.05, 4.69) is 16.0 Å². The van der Waals surface area contributed by atoms with E-state index >= 15 is 0 Å². The van der Waals surface area contributed by atoms with Crippen LogP contribution < -0.4 is 25.8 Å². The molecule has 1 atom stereocenters. The average Bonchev–Trinajstić information content (AvgIpc) is 2.66. The van der Waals surface area contributed by atoms with Crippen LogP contribution in [0.1, 0.15) is 10.4 Å². The van der Waals surface area contributed by atoms with Crippen molar-refractivity contribution in [3.8, 4) is 5.75 Å². The molecule has 2 rings (SSSR count). The Hall–Kier alpha value is -2.26. The largest absolute Gasteiger partial charge is 0.545 e. The van der Waals surface area contributed by atoms with Crippen LogP contribution in [0.15, 0.2) is 54.6 Å². The van der Waals surface area contributed by atoms with E-state index in [1.54, 1.807) is 30.3 Å². The first kappa shape index (κ1) is 23.0. The van der Waals surface area contributed by atoms with Gasteiger partial charge in [-0.15, -0.1) is 0 Å². The van der Waals surface area contributed by atoms with Crippen molar-refractivity contribution in [1.82, 2.24) is 10.6 Å². The van der Waals surface area contributed by atoms with Crippen molar-refractivity contribution in [2.75, 3.05) is 11.9 Å². The molecule has 0 spiro atoms. The van der Waals surface area contributed by atoms with E-state index in [4.69, 9.17) is 51.8 Å². The number of carbonyl (C=O) groups excluding carboxylic acids is 2. The van der Waals surface area contributed by atoms with Crippen LogP contribution in [0.25, 0.3) is 0 Å². The second-order valence-corrected chi connectivity index (χ2v) is 8.35. The highest BCUT2D eigenvalue weighted by Crippen LogP contribution is 2.29. The van der Waals surface area contributed by atoms with Crippen LogP contribution in [-0.2, 0) is 4.79 Å². The van der Waals surface area contributed by atoms with Gasteiger partial charge >= 0.3 is 0 Å². The van der Waals surface area contributed by atoms with E-state index in [-0.39, 0.29) is 23.0 Å². The number of benzene rings is 2. The Kier molecular flexibility index (Phi) is 8.33. The number of para-hydroxylation sites is 2. The second kappa shape index (κ2) is 10.5. The lowest BCUT2D eigenvalue weighted by atomic mass is 10.2. The number of rotatable bonds is 7. The smallest absolute Gasteiger partial charge is 0.259 e. The van der Waals surface area contributed by atoms with Crippen LogP contribution in [0.3, 0.4) is 0 Å². The molecule has 0 aromatic heterocycles. The number of hydrogen-bond donors (Lipinski definition) is 3. The molecule has 0 heterocycles. The quantitative estimate of drug-likeness (QED) is 0.321. The van der Waals surface area contributed by atoms with Crippen LogP contribution in [0.5, 0.6) is 5.75 Å². The molecule has 2 aromatic carbocycles. The van der Waals surface area contributed by atoms with Gasteiger partial charge in [-0.1, -0.05) is 71.2 Å². The monoisotopic (exact) mass is 474 g/mol. The number of carboxylic acids is 1. The third kappa shape index (κ3) is 7.58. The summed E-state index contributed by atoms with van der Waals surface area (Å²) in [6, 6.07) is 14.7. The number of thiocarbonyl (C=S) groups is 1. The van der Waals surface area contributed by atoms with Gasteiger partial charge in [-0.25, -0.2) is 0 Å². The van der Waals surface area contributed by atoms with E-state index in [1.807, 2.05) is 6.07 Å². The van der Waals surface area contributed by atoms with E-state index in [9.17, 15) is 14.7 Å². The summed E-state index contributed by atoms with van der Waals surface area (Å²) in [6.45, 7) is -0.323. The maximum absolute atomic E-state index is 12.2. The van der Waals surface area contributed by atoms with Crippen molar-refractivity contribution in [3.63, 3.8) is 0 Å². The number of hydrogen-bond acceptors (Lipinski definition) is 5. The number of amides is 1. The van der Waals surface area contributed by atoms with Crippen molar-refractivity contribution in [1.29, 1.82) is 0 Å². The van der Waals surface area contributed by atoms with Crippen molar-refractivity contribution in [2.45, 2.75) is 9.96 Å². The minimum Gasteiger partial charge on any atom is -0.545 e. The summed E-state index contributed by atoms with van der Waals surface area (Å²) in [5, 5.41) is 18.8. The Balaban J connectivity index is 1.99. The van der Waals surface area contributed by atoms with Crippen LogP contribution in [0.2, 0.25) is 0 Å². The van der Waals surface area contributed by atoms with E-state index in [1.165, 1.54) is 18.2 Å². The molecule has 0 aliphatic heterocycles. The second-order valence-electron chi connectivity index (χ2n) is 5.58. The molecule has 0 aliphatic carbocycles. The van der Waals surface area contributed by atoms with Crippen LogP contribution in [-0.4, -0.2) is 33.6 Å². The molecule has 154 valence electrons. The molecule has 3 N–H and O–H groups in total. The van der Waals surface area contributed by atoms with Crippen molar-refractivity contribution < 1.29 is 19.4 Å². The van der Waals surface area contributed by atoms with Gasteiger partial charge in [0.05, 0.1) is 5.97 Å². The molecule has 7 nitrogen and oxygen atoms in total. The van der Waals surface area contributed by atoms with Gasteiger partial charge in [0.25, 0.3) is 5.91 Å². The molecule has 11 heteroatoms. The van der Waals surface area contributed by atoms with Gasteiger partial charge in [-0.05, 0) is 30.4 Å². The number of carbonyl (C=O) groups is 2. The molecule has 1 amide bonds. The van der Waals surface area contributed by atoms with E-state index < -0.39 is 21.8 Å². The molecule has 0 unspecified atom stereocenters. The van der Waals surface area contributed by atoms with Gasteiger partial charge in [0, 0.05) is 11.3 Å². The van der Waals surface area contributed by atoms with Crippen molar-refractivity contribution in [3.05, 3.63) is 60.2 Å². The molecular formula is C18H15Cl3N3O4S-. The molecule has 0 fully saturated rings. The van der Waals surface area contributed by atoms with Gasteiger partial charge in [0.15, 0.2) is 11.7 Å². The summed E-state index contributed by atoms with van der Waals surface area (Å²) >= 11 is 22.9. The summed E-state index contributed by atoms with van der Waals surface area (Å²) in [5.41, 5.74) is 0.0641. The molecule has 2 aromatic rings. The summed E-state index contributed by atoms with van der Waals surface area (Å²) < 4.78 is 3.36. The first-order chi connectivity index (χ1) is 13.7. The van der Waals surface area contributed by atoms with Gasteiger partial charge in [0.1, 0.15) is 11.9 Å². The third-order valence-corrected chi connectivity index (χ3v) is 4.29. The Labute approximate surface area is 187 Å². The molecule has 0 aliphatic rings. The Morgan fingerprint density at radius 3 is 2.28 bits per heavy atom. The highest BCUT2D eigenvalue weighted by molar-refractivity contribution is 7.80. The predicted molar refractivity (Wildman–Crippen MR) is 114 cm³/mol. The number of alkyl halides is 3. The molecule has 0 saturated carbocycles. The maximum Gasteiger partial charge on any atom is 0.259 e. The van der Waals surface area contributed by atoms with Crippen LogP contribution in [0.4, 0.5) is 5.69 Å². The number of aromatic carboxylic acids is 1. The van der Waals surface area contributed by atoms with Gasteiger partial charge < -0.3 is 30.6 Å². The summed E-state index contributed by atoms with van der Waals surface area (Å²) in [4.78, 5) is 23.3. The van der Waals surface area contributed by atoms with Crippen LogP contribution in [0, 0.1) is 0 Å². The Bertz CT molecular complexity index is 878. The molecule has 0 bridgehead atoms. The highest BCUT2D eigenvalue weighted by Gasteiger charge is 2.34. The minimum absolute atomic E-state index is 0.0840. The SMILES string of the molecule is O=C(COc1ccccc1)N[C@H](NC(=S)Nc1ccccc1C(=O)[O-])C(Cl)(Cl)Cl. The topological polar surface area (TPSA) is 103 Å². The first-order valence-corrected chi connectivity index (χ1v) is 9.63. The lowest BCUT2D eigenvalue weighted by molar-refractivity contribution is -0.254. The third-order valence-electron chi connectivity index (χ3n) is 3.42. The fourth-order valence-electron chi connectivity index (χ4n) is 2.13. The Morgan fingerprint density at radius 1 is 1.03 bits per heavy atom. The molecule has 0 saturated heterocycles. The summed E-state index contributed by atoms with van der Waals surface area (Å²) in [7, 11) is 0. The van der Waals surface area contributed by atoms with Crippen molar-refractivity contribution >= 4 is 69.7 Å². The first-order valence-electron chi connectivity index (χ1n) is 8.08. The number of halogens is 3. The zero-order chi connectivity index (χ0) is 21.4. The number of anilines is 1. The Morgan fingerprint density at radius 2 is 1.66 bits per heavy atom. The van der Waals surface area contributed by atoms with E-state index in [0.717, 1.165) is 0 Å². The lowest BCUT2D eigenvalue weighted by Gasteiger charge is -2.28. The number of carboxylic acid groups (broad SMARTS) is 1. The van der Waals surface area contributed by atoms with Crippen LogP contribution >= 0.6 is 47.0 Å². The zero-order valence-corrected chi connectivity index (χ0v) is 17.7. The maximum atomic E-state index is 12.2. The molecule has 0 radical (unpaired) electrons. The van der Waals surface area contributed by atoms with Crippen molar-refractivity contribution in [2.24, 2.45) is 0 Å². The fourth-order valence-corrected chi connectivity index (χ4v) is 2.68. The normalized spacial score (nSPS) is 11.8. The standard InChI is InChI=1S/C18H16Cl3N3O4S/c19-18(20,21)16(23-14(25)10-28-11-6-2-1-3-7-11)24-17(29)22-13-9-5-4-8-12(13)15(26)27/h1-9,16H,10H2,(H,23,25)(H,26,27)(H2,22,24,29)/p-1/t16-/m1/s1. The van der Waals surface area contributed by atoms with Gasteiger partial charge in [-0.3, -0.25) is 4.79 Å². The van der Waals surface area contributed by atoms with Gasteiger partial charge in [0.2, 0.25) is 3.79 Å². The predicted octanol–water partition coefficient (Wildman–Crippen LogP) is 2.23. The summed E-state index contributed by atoms with van der Waals surface area (Å²) in [6.07, 6.45) is -1.23. The minimum atomic E-state index is -1.97. The summed E-state index contributed by atoms with van der Waals surface area (Å²) in [5.74, 6) is -1.46. The van der Waals surface area contributed by atoms with Gasteiger partial charge in [-0.2, -0.15) is 0 Å². The highest BCUT2D eigenvalue weighted by atomic mass is 35.6. The fraction of sp³-hybridized carbons (Fsp3) is 0.167. The molecule has 29 heavy (non-hydrogen) atoms. The number of nitrogens with one attached hydrogen (secondary N) is 3.